The van der Waals surface area contributed by atoms with Crippen LogP contribution in [0.15, 0.2) is 65.8 Å². The number of nitrogens with one attached hydrogen (secondary N) is 1. The molecule has 3 aromatic rings. The lowest BCUT2D eigenvalue weighted by Crippen LogP contribution is -2.55. The van der Waals surface area contributed by atoms with Gasteiger partial charge in [0, 0.05) is 30.4 Å². The topological polar surface area (TPSA) is 96.4 Å². The van der Waals surface area contributed by atoms with Gasteiger partial charge in [0.1, 0.15) is 36.0 Å². The molecule has 0 aliphatic carbocycles. The number of halogens is 4. The Kier molecular flexibility index (Phi) is 8.50. The van der Waals surface area contributed by atoms with Crippen molar-refractivity contribution < 1.29 is 32.2 Å². The molecule has 1 saturated heterocycles. The first-order valence-electron chi connectivity index (χ1n) is 13.5. The Morgan fingerprint density at radius 1 is 1.12 bits per heavy atom. The number of aliphatic imine (C=N–C) groups is 1. The van der Waals surface area contributed by atoms with E-state index in [4.69, 9.17) is 26.1 Å². The molecule has 2 aliphatic heterocycles. The number of amides is 3. The molecule has 0 bridgehead atoms. The number of piperazine rings is 1. The van der Waals surface area contributed by atoms with Crippen LogP contribution in [0.5, 0.6) is 11.5 Å². The van der Waals surface area contributed by atoms with E-state index in [1.807, 2.05) is 13.8 Å². The molecule has 13 heteroatoms. The highest BCUT2D eigenvalue weighted by Gasteiger charge is 2.46. The Hall–Kier alpha value is -4.32. The molecular formula is C30H29ClF3N5O4. The zero-order valence-electron chi connectivity index (χ0n) is 23.6. The van der Waals surface area contributed by atoms with E-state index >= 15 is 0 Å². The summed E-state index contributed by atoms with van der Waals surface area (Å²) in [6.07, 6.45) is -4.10. The second-order valence-electron chi connectivity index (χ2n) is 10.3. The number of aromatic nitrogens is 1. The Morgan fingerprint density at radius 2 is 1.86 bits per heavy atom. The summed E-state index contributed by atoms with van der Waals surface area (Å²) in [6.45, 7) is 3.98. The number of amidine groups is 1. The normalized spacial score (nSPS) is 18.9. The largest absolute Gasteiger partial charge is 0.497 e. The van der Waals surface area contributed by atoms with Crippen molar-refractivity contribution >= 4 is 29.4 Å². The minimum atomic E-state index is -4.60. The van der Waals surface area contributed by atoms with Crippen molar-refractivity contribution in [2.75, 3.05) is 26.7 Å². The van der Waals surface area contributed by atoms with Crippen LogP contribution in [-0.2, 0) is 11.0 Å². The van der Waals surface area contributed by atoms with Gasteiger partial charge in [-0.3, -0.25) is 19.7 Å². The summed E-state index contributed by atoms with van der Waals surface area (Å²) >= 11 is 6.16. The maximum absolute atomic E-state index is 14.3. The quantitative estimate of drug-likeness (QED) is 0.387. The van der Waals surface area contributed by atoms with Crippen molar-refractivity contribution in [1.82, 2.24) is 20.1 Å². The number of hydrogen-bond acceptors (Lipinski definition) is 6. The number of nitrogens with zero attached hydrogens (tertiary/aromatic N) is 4. The lowest BCUT2D eigenvalue weighted by atomic mass is 9.96. The van der Waals surface area contributed by atoms with Crippen LogP contribution < -0.4 is 14.8 Å². The molecule has 1 fully saturated rings. The fourth-order valence-corrected chi connectivity index (χ4v) is 5.15. The Labute approximate surface area is 251 Å². The van der Waals surface area contributed by atoms with E-state index in [9.17, 15) is 22.8 Å². The molecule has 1 aromatic heterocycles. The van der Waals surface area contributed by atoms with Crippen LogP contribution in [0.1, 0.15) is 48.3 Å². The smallest absolute Gasteiger partial charge is 0.417 e. The molecule has 0 spiro atoms. The van der Waals surface area contributed by atoms with Crippen LogP contribution in [0.2, 0.25) is 5.02 Å². The number of methoxy groups -OCH3 is 1. The van der Waals surface area contributed by atoms with E-state index in [0.717, 1.165) is 12.3 Å². The van der Waals surface area contributed by atoms with E-state index in [2.05, 4.69) is 10.3 Å². The molecule has 0 radical (unpaired) electrons. The first kappa shape index (κ1) is 30.1. The number of benzene rings is 2. The van der Waals surface area contributed by atoms with Crippen LogP contribution in [0.25, 0.3) is 0 Å². The fraction of sp³-hybridized carbons (Fsp3) is 0.333. The maximum atomic E-state index is 14.3. The molecular weight excluding hydrogens is 587 g/mol. The van der Waals surface area contributed by atoms with Crippen LogP contribution in [-0.4, -0.2) is 65.4 Å². The molecule has 0 saturated carbocycles. The Balaban J connectivity index is 1.71. The van der Waals surface area contributed by atoms with Crippen LogP contribution in [0.4, 0.5) is 18.0 Å². The van der Waals surface area contributed by atoms with Crippen molar-refractivity contribution in [3.63, 3.8) is 0 Å². The Bertz CT molecular complexity index is 1530. The first-order chi connectivity index (χ1) is 20.5. The van der Waals surface area contributed by atoms with Gasteiger partial charge in [-0.25, -0.2) is 4.79 Å². The lowest BCUT2D eigenvalue weighted by molar-refractivity contribution is -0.137. The molecule has 1 N–H and O–H groups in total. The zero-order valence-corrected chi connectivity index (χ0v) is 24.3. The number of rotatable bonds is 6. The van der Waals surface area contributed by atoms with Crippen LogP contribution >= 0.6 is 11.6 Å². The van der Waals surface area contributed by atoms with Gasteiger partial charge >= 0.3 is 12.2 Å². The highest BCUT2D eigenvalue weighted by atomic mass is 35.5. The number of carbonyl (C=O) groups is 2. The zero-order chi connectivity index (χ0) is 30.9. The standard InChI is InChI=1S/C30H29ClF3N5O4/c1-17(2)43-24-14-21(42-3)9-10-22(24)28-37-26(18-4-7-20(31)8-5-18)27(23-11-6-19(15-36-23)30(32,33)34)39(28)29(41)38-13-12-35-25(40)16-38/h4-11,14-15,17,26-27H,12-13,16H2,1-3H3,(H,35,40)/t26-,27+/m0/s1. The summed E-state index contributed by atoms with van der Waals surface area (Å²) in [5.74, 6) is 0.780. The average Bonchev–Trinajstić information content (AvgIpc) is 3.36. The molecule has 43 heavy (non-hydrogen) atoms. The van der Waals surface area contributed by atoms with Gasteiger partial charge in [-0.15, -0.1) is 0 Å². The van der Waals surface area contributed by atoms with Gasteiger partial charge in [0.2, 0.25) is 5.91 Å². The second-order valence-corrected chi connectivity index (χ2v) is 10.8. The third kappa shape index (κ3) is 6.38. The SMILES string of the molecule is COc1ccc(C2=N[C@@H](c3ccc(Cl)cc3)[C@@H](c3ccc(C(F)(F)F)cn3)N2C(=O)N2CCNC(=O)C2)c(OC(C)C)c1. The molecule has 226 valence electrons. The average molecular weight is 616 g/mol. The molecule has 3 heterocycles. The monoisotopic (exact) mass is 615 g/mol. The summed E-state index contributed by atoms with van der Waals surface area (Å²) in [6, 6.07) is 11.8. The lowest BCUT2D eigenvalue weighted by Gasteiger charge is -2.35. The summed E-state index contributed by atoms with van der Waals surface area (Å²) in [7, 11) is 1.52. The third-order valence-electron chi connectivity index (χ3n) is 7.00. The number of alkyl halides is 3. The Morgan fingerprint density at radius 3 is 2.47 bits per heavy atom. The van der Waals surface area contributed by atoms with E-state index in [0.29, 0.717) is 27.6 Å². The van der Waals surface area contributed by atoms with Crippen molar-refractivity contribution in [2.45, 2.75) is 38.2 Å². The maximum Gasteiger partial charge on any atom is 0.417 e. The molecule has 2 aliphatic rings. The molecule has 9 nitrogen and oxygen atoms in total. The van der Waals surface area contributed by atoms with Gasteiger partial charge in [0.05, 0.1) is 30.0 Å². The van der Waals surface area contributed by atoms with Gasteiger partial charge in [-0.1, -0.05) is 23.7 Å². The predicted octanol–water partition coefficient (Wildman–Crippen LogP) is 5.65. The van der Waals surface area contributed by atoms with Crippen molar-refractivity contribution in [2.24, 2.45) is 4.99 Å². The van der Waals surface area contributed by atoms with Gasteiger partial charge in [0.15, 0.2) is 0 Å². The summed E-state index contributed by atoms with van der Waals surface area (Å²) in [4.78, 5) is 38.5. The summed E-state index contributed by atoms with van der Waals surface area (Å²) < 4.78 is 51.8. The van der Waals surface area contributed by atoms with E-state index in [1.165, 1.54) is 23.0 Å². The fourth-order valence-electron chi connectivity index (χ4n) is 5.03. The summed E-state index contributed by atoms with van der Waals surface area (Å²) in [5.41, 5.74) is 0.367. The highest BCUT2D eigenvalue weighted by molar-refractivity contribution is 6.30. The van der Waals surface area contributed by atoms with Gasteiger partial charge < -0.3 is 19.7 Å². The highest BCUT2D eigenvalue weighted by Crippen LogP contribution is 2.45. The minimum Gasteiger partial charge on any atom is -0.497 e. The number of hydrogen-bond donors (Lipinski definition) is 1. The summed E-state index contributed by atoms with van der Waals surface area (Å²) in [5, 5.41) is 3.18. The van der Waals surface area contributed by atoms with Gasteiger partial charge in [-0.05, 0) is 55.8 Å². The van der Waals surface area contributed by atoms with Crippen molar-refractivity contribution in [3.8, 4) is 11.5 Å². The molecule has 2 atom stereocenters. The van der Waals surface area contributed by atoms with E-state index in [-0.39, 0.29) is 43.2 Å². The van der Waals surface area contributed by atoms with Crippen molar-refractivity contribution in [3.05, 3.63) is 88.2 Å². The number of pyridine rings is 1. The number of ether oxygens (including phenoxy) is 2. The molecule has 2 aromatic carbocycles. The van der Waals surface area contributed by atoms with Crippen molar-refractivity contribution in [1.29, 1.82) is 0 Å². The molecule has 0 unspecified atom stereocenters. The number of urea groups is 1. The van der Waals surface area contributed by atoms with Crippen LogP contribution in [0.3, 0.4) is 0 Å². The van der Waals surface area contributed by atoms with E-state index < -0.39 is 29.9 Å². The van der Waals surface area contributed by atoms with E-state index in [1.54, 1.807) is 42.5 Å². The van der Waals surface area contributed by atoms with Gasteiger partial charge in [0.25, 0.3) is 0 Å². The predicted molar refractivity (Wildman–Crippen MR) is 153 cm³/mol. The number of carbonyl (C=O) groups excluding carboxylic acids is 2. The molecule has 3 amide bonds. The molecule has 5 rings (SSSR count). The van der Waals surface area contributed by atoms with Gasteiger partial charge in [-0.2, -0.15) is 13.2 Å². The first-order valence-corrected chi connectivity index (χ1v) is 13.9. The minimum absolute atomic E-state index is 0.182. The second kappa shape index (κ2) is 12.1. The third-order valence-corrected chi connectivity index (χ3v) is 7.25. The van der Waals surface area contributed by atoms with Crippen LogP contribution in [0, 0.1) is 0 Å².